The summed E-state index contributed by atoms with van der Waals surface area (Å²) in [6.45, 7) is 5.77. The fourth-order valence-corrected chi connectivity index (χ4v) is 2.51. The smallest absolute Gasteiger partial charge is 0.244 e. The number of carbonyl (C=O) groups excluding carboxylic acids is 1. The van der Waals surface area contributed by atoms with E-state index in [-0.39, 0.29) is 11.9 Å². The van der Waals surface area contributed by atoms with Crippen LogP contribution in [0, 0.1) is 6.92 Å². The van der Waals surface area contributed by atoms with Gasteiger partial charge in [-0.1, -0.05) is 18.6 Å². The maximum atomic E-state index is 12.5. The van der Waals surface area contributed by atoms with Crippen molar-refractivity contribution in [2.24, 2.45) is 0 Å². The topological polar surface area (TPSA) is 32.3 Å². The Morgan fingerprint density at radius 1 is 1.44 bits per heavy atom. The summed E-state index contributed by atoms with van der Waals surface area (Å²) in [6, 6.07) is 8.15. The monoisotopic (exact) mass is 246 g/mol. The molecule has 1 N–H and O–H groups in total. The molecule has 1 saturated heterocycles. The standard InChI is InChI=1S/C15H22N2O/c1-3-17(13-8-6-7-12(2)11-13)15(18)14-9-4-5-10-16-14/h6-8,11,14,16H,3-5,9-10H2,1-2H3. The molecule has 1 atom stereocenters. The van der Waals surface area contributed by atoms with Crippen LogP contribution in [0.2, 0.25) is 0 Å². The number of rotatable bonds is 3. The molecule has 1 aromatic carbocycles. The van der Waals surface area contributed by atoms with Gasteiger partial charge >= 0.3 is 0 Å². The molecular formula is C15H22N2O. The minimum Gasteiger partial charge on any atom is -0.311 e. The molecule has 1 aliphatic rings. The third-order valence-electron chi connectivity index (χ3n) is 3.50. The van der Waals surface area contributed by atoms with E-state index >= 15 is 0 Å². The lowest BCUT2D eigenvalue weighted by Gasteiger charge is -2.29. The largest absolute Gasteiger partial charge is 0.311 e. The summed E-state index contributed by atoms with van der Waals surface area (Å²) < 4.78 is 0. The summed E-state index contributed by atoms with van der Waals surface area (Å²) in [5.41, 5.74) is 2.20. The summed E-state index contributed by atoms with van der Waals surface area (Å²) in [6.07, 6.45) is 3.29. The average Bonchev–Trinajstić information content (AvgIpc) is 2.40. The van der Waals surface area contributed by atoms with Crippen molar-refractivity contribution in [1.29, 1.82) is 0 Å². The predicted octanol–water partition coefficient (Wildman–Crippen LogP) is 2.49. The van der Waals surface area contributed by atoms with Gasteiger partial charge in [0.2, 0.25) is 5.91 Å². The lowest BCUT2D eigenvalue weighted by Crippen LogP contribution is -2.48. The molecule has 18 heavy (non-hydrogen) atoms. The molecule has 2 rings (SSSR count). The van der Waals surface area contributed by atoms with E-state index in [9.17, 15) is 4.79 Å². The van der Waals surface area contributed by atoms with E-state index in [1.54, 1.807) is 0 Å². The second-order valence-electron chi connectivity index (χ2n) is 4.92. The number of piperidine rings is 1. The lowest BCUT2D eigenvalue weighted by atomic mass is 10.0. The van der Waals surface area contributed by atoms with Gasteiger partial charge in [-0.3, -0.25) is 4.79 Å². The molecule has 1 heterocycles. The maximum absolute atomic E-state index is 12.5. The lowest BCUT2D eigenvalue weighted by molar-refractivity contribution is -0.121. The molecule has 1 aliphatic heterocycles. The number of amides is 1. The van der Waals surface area contributed by atoms with Crippen LogP contribution in [0.1, 0.15) is 31.7 Å². The van der Waals surface area contributed by atoms with Gasteiger partial charge in [0.15, 0.2) is 0 Å². The molecule has 1 amide bonds. The first kappa shape index (κ1) is 13.1. The molecular weight excluding hydrogens is 224 g/mol. The van der Waals surface area contributed by atoms with E-state index in [0.717, 1.165) is 31.6 Å². The van der Waals surface area contributed by atoms with Crippen LogP contribution in [0.15, 0.2) is 24.3 Å². The molecule has 0 bridgehead atoms. The Balaban J connectivity index is 2.14. The Labute approximate surface area is 109 Å². The zero-order valence-corrected chi connectivity index (χ0v) is 11.3. The van der Waals surface area contributed by atoms with Gasteiger partial charge < -0.3 is 10.2 Å². The first-order chi connectivity index (χ1) is 8.72. The van der Waals surface area contributed by atoms with Crippen molar-refractivity contribution in [1.82, 2.24) is 5.32 Å². The van der Waals surface area contributed by atoms with Gasteiger partial charge in [-0.05, 0) is 50.9 Å². The van der Waals surface area contributed by atoms with Crippen molar-refractivity contribution in [3.8, 4) is 0 Å². The number of likely N-dealkylation sites (N-methyl/N-ethyl adjacent to an activating group) is 1. The van der Waals surface area contributed by atoms with Crippen molar-refractivity contribution in [2.75, 3.05) is 18.0 Å². The van der Waals surface area contributed by atoms with Gasteiger partial charge in [0, 0.05) is 12.2 Å². The minimum absolute atomic E-state index is 0.000729. The van der Waals surface area contributed by atoms with Crippen LogP contribution < -0.4 is 10.2 Å². The van der Waals surface area contributed by atoms with Crippen molar-refractivity contribution in [3.63, 3.8) is 0 Å². The molecule has 0 aliphatic carbocycles. The molecule has 3 nitrogen and oxygen atoms in total. The maximum Gasteiger partial charge on any atom is 0.244 e. The van der Waals surface area contributed by atoms with Crippen molar-refractivity contribution >= 4 is 11.6 Å². The molecule has 3 heteroatoms. The van der Waals surface area contributed by atoms with Gasteiger partial charge in [-0.15, -0.1) is 0 Å². The fraction of sp³-hybridized carbons (Fsp3) is 0.533. The third-order valence-corrected chi connectivity index (χ3v) is 3.50. The second-order valence-corrected chi connectivity index (χ2v) is 4.92. The second kappa shape index (κ2) is 6.01. The number of carbonyl (C=O) groups is 1. The van der Waals surface area contributed by atoms with Crippen LogP contribution in [0.25, 0.3) is 0 Å². The van der Waals surface area contributed by atoms with Crippen LogP contribution in [-0.2, 0) is 4.79 Å². The normalized spacial score (nSPS) is 19.6. The van der Waals surface area contributed by atoms with Gasteiger partial charge in [-0.2, -0.15) is 0 Å². The van der Waals surface area contributed by atoms with Crippen LogP contribution >= 0.6 is 0 Å². The van der Waals surface area contributed by atoms with Gasteiger partial charge in [0.25, 0.3) is 0 Å². The summed E-state index contributed by atoms with van der Waals surface area (Å²) in [5, 5.41) is 3.33. The van der Waals surface area contributed by atoms with Crippen LogP contribution in [0.5, 0.6) is 0 Å². The van der Waals surface area contributed by atoms with Crippen LogP contribution in [0.4, 0.5) is 5.69 Å². The molecule has 0 saturated carbocycles. The highest BCUT2D eigenvalue weighted by atomic mass is 16.2. The number of hydrogen-bond donors (Lipinski definition) is 1. The first-order valence-electron chi connectivity index (χ1n) is 6.84. The fourth-order valence-electron chi connectivity index (χ4n) is 2.51. The van der Waals surface area contributed by atoms with Crippen LogP contribution in [-0.4, -0.2) is 25.0 Å². The van der Waals surface area contributed by atoms with Crippen molar-refractivity contribution < 1.29 is 4.79 Å². The molecule has 1 unspecified atom stereocenters. The van der Waals surface area contributed by atoms with Gasteiger partial charge in [0.05, 0.1) is 6.04 Å². The Hall–Kier alpha value is -1.35. The number of aryl methyl sites for hydroxylation is 1. The zero-order valence-electron chi connectivity index (χ0n) is 11.3. The minimum atomic E-state index is -0.000729. The third kappa shape index (κ3) is 2.91. The quantitative estimate of drug-likeness (QED) is 0.888. The van der Waals surface area contributed by atoms with E-state index < -0.39 is 0 Å². The Kier molecular flexibility index (Phi) is 4.37. The number of benzene rings is 1. The first-order valence-corrected chi connectivity index (χ1v) is 6.84. The highest BCUT2D eigenvalue weighted by molar-refractivity contribution is 5.97. The van der Waals surface area contributed by atoms with E-state index in [1.807, 2.05) is 24.0 Å². The number of nitrogens with one attached hydrogen (secondary N) is 1. The SMILES string of the molecule is CCN(C(=O)C1CCCCN1)c1cccc(C)c1. The molecule has 1 fully saturated rings. The zero-order chi connectivity index (χ0) is 13.0. The van der Waals surface area contributed by atoms with Crippen molar-refractivity contribution in [2.45, 2.75) is 39.2 Å². The number of anilines is 1. The molecule has 0 spiro atoms. The summed E-state index contributed by atoms with van der Waals surface area (Å²) in [5.74, 6) is 0.211. The van der Waals surface area contributed by atoms with Gasteiger partial charge in [-0.25, -0.2) is 0 Å². The highest BCUT2D eigenvalue weighted by Crippen LogP contribution is 2.19. The summed E-state index contributed by atoms with van der Waals surface area (Å²) in [4.78, 5) is 14.4. The molecule has 1 aromatic rings. The highest BCUT2D eigenvalue weighted by Gasteiger charge is 2.25. The number of nitrogens with zero attached hydrogens (tertiary/aromatic N) is 1. The predicted molar refractivity (Wildman–Crippen MR) is 74.8 cm³/mol. The van der Waals surface area contributed by atoms with Crippen LogP contribution in [0.3, 0.4) is 0 Å². The molecule has 98 valence electrons. The molecule has 0 radical (unpaired) electrons. The Morgan fingerprint density at radius 2 is 2.28 bits per heavy atom. The Bertz CT molecular complexity index is 411. The van der Waals surface area contributed by atoms with E-state index in [1.165, 1.54) is 12.0 Å². The van der Waals surface area contributed by atoms with E-state index in [4.69, 9.17) is 0 Å². The summed E-state index contributed by atoms with van der Waals surface area (Å²) >= 11 is 0. The van der Waals surface area contributed by atoms with E-state index in [0.29, 0.717) is 0 Å². The molecule has 0 aromatic heterocycles. The van der Waals surface area contributed by atoms with Gasteiger partial charge in [0.1, 0.15) is 0 Å². The number of hydrogen-bond acceptors (Lipinski definition) is 2. The summed E-state index contributed by atoms with van der Waals surface area (Å²) in [7, 11) is 0. The average molecular weight is 246 g/mol. The Morgan fingerprint density at radius 3 is 2.89 bits per heavy atom. The van der Waals surface area contributed by atoms with E-state index in [2.05, 4.69) is 24.4 Å². The van der Waals surface area contributed by atoms with Crippen molar-refractivity contribution in [3.05, 3.63) is 29.8 Å².